The summed E-state index contributed by atoms with van der Waals surface area (Å²) in [6, 6.07) is 8.00. The van der Waals surface area contributed by atoms with Gasteiger partial charge in [0.2, 0.25) is 0 Å². The summed E-state index contributed by atoms with van der Waals surface area (Å²) in [5.41, 5.74) is 13.1. The molecule has 1 rings (SSSR count). The minimum atomic E-state index is 0. The molecule has 0 bridgehead atoms. The second-order valence-corrected chi connectivity index (χ2v) is 2.23. The van der Waals surface area contributed by atoms with Gasteiger partial charge in [-0.3, -0.25) is 0 Å². The van der Waals surface area contributed by atoms with E-state index < -0.39 is 0 Å². The molecule has 4 heteroatoms. The van der Waals surface area contributed by atoms with Gasteiger partial charge in [-0.25, -0.2) is 0 Å². The molecule has 4 N–H and O–H groups in total. The van der Waals surface area contributed by atoms with Gasteiger partial charge in [0.1, 0.15) is 0 Å². The zero-order valence-corrected chi connectivity index (χ0v) is 12.6. The Bertz CT molecular complexity index is 197. The Hall–Kier alpha value is 0.737. The maximum atomic E-state index is 5.43. The third-order valence-corrected chi connectivity index (χ3v) is 1.46. The van der Waals surface area contributed by atoms with Crippen LogP contribution in [-0.4, -0.2) is 47.8 Å². The van der Waals surface area contributed by atoms with Crippen molar-refractivity contribution in [1.82, 2.24) is 0 Å². The van der Waals surface area contributed by atoms with Gasteiger partial charge in [0.25, 0.3) is 0 Å². The standard InChI is InChI=1S/C8H12N2.2Sn/c9-5-7-2-1-3-8(4-7)6-10;;/h1-4H,5-6,9-10H2;;/q;+2;+4. The van der Waals surface area contributed by atoms with Gasteiger partial charge in [0, 0.05) is 13.1 Å². The minimum absolute atomic E-state index is 0. The van der Waals surface area contributed by atoms with Gasteiger partial charge in [-0.1, -0.05) is 24.3 Å². The average Bonchev–Trinajstić information content (AvgIpc) is 2.05. The summed E-state index contributed by atoms with van der Waals surface area (Å²) in [5, 5.41) is 0. The summed E-state index contributed by atoms with van der Waals surface area (Å²) in [4.78, 5) is 0. The number of rotatable bonds is 2. The maximum Gasteiger partial charge on any atom is 4.00 e. The summed E-state index contributed by atoms with van der Waals surface area (Å²) in [6.45, 7) is 1.18. The van der Waals surface area contributed by atoms with Crippen LogP contribution in [0.2, 0.25) is 0 Å². The summed E-state index contributed by atoms with van der Waals surface area (Å²) in [5.74, 6) is 0. The van der Waals surface area contributed by atoms with Crippen LogP contribution in [0, 0.1) is 0 Å². The molecule has 0 atom stereocenters. The van der Waals surface area contributed by atoms with Crippen LogP contribution in [0.15, 0.2) is 24.3 Å². The molecule has 2 nitrogen and oxygen atoms in total. The fourth-order valence-electron chi connectivity index (χ4n) is 0.884. The number of benzene rings is 1. The number of hydrogen-bond donors (Lipinski definition) is 2. The fourth-order valence-corrected chi connectivity index (χ4v) is 0.884. The Kier molecular flexibility index (Phi) is 10.6. The van der Waals surface area contributed by atoms with Crippen molar-refractivity contribution in [1.29, 1.82) is 0 Å². The first-order valence-electron chi connectivity index (χ1n) is 3.34. The first kappa shape index (κ1) is 15.2. The van der Waals surface area contributed by atoms with E-state index >= 15 is 0 Å². The molecule has 0 saturated heterocycles. The van der Waals surface area contributed by atoms with Crippen molar-refractivity contribution < 1.29 is 0 Å². The topological polar surface area (TPSA) is 52.0 Å². The van der Waals surface area contributed by atoms with Crippen molar-refractivity contribution in [2.75, 3.05) is 0 Å². The molecule has 1 aromatic carbocycles. The van der Waals surface area contributed by atoms with Crippen molar-refractivity contribution in [3.05, 3.63) is 35.4 Å². The van der Waals surface area contributed by atoms with Crippen LogP contribution in [0.25, 0.3) is 0 Å². The van der Waals surface area contributed by atoms with Crippen molar-refractivity contribution >= 4 is 47.8 Å². The molecule has 0 heterocycles. The molecular formula is C8H12N2Sn2+6. The Morgan fingerprint density at radius 2 is 1.42 bits per heavy atom. The van der Waals surface area contributed by atoms with Crippen LogP contribution in [-0.2, 0) is 13.1 Å². The second-order valence-electron chi connectivity index (χ2n) is 2.23. The summed E-state index contributed by atoms with van der Waals surface area (Å²) in [6.07, 6.45) is 0. The molecule has 1 aromatic rings. The average molecular weight is 374 g/mol. The molecule has 0 aliphatic rings. The minimum Gasteiger partial charge on any atom is -0.326 e. The molecule has 0 fully saturated rings. The smallest absolute Gasteiger partial charge is 0.326 e. The molecule has 0 aliphatic carbocycles. The Labute approximate surface area is 107 Å². The predicted octanol–water partition coefficient (Wildman–Crippen LogP) is -0.158. The molecule has 0 aromatic heterocycles. The van der Waals surface area contributed by atoms with Gasteiger partial charge in [0.15, 0.2) is 0 Å². The SMILES string of the molecule is NCc1cccc(CN)c1.[Sn+2].[Sn+4]. The normalized spacial score (nSPS) is 8.17. The number of hydrogen-bond acceptors (Lipinski definition) is 2. The van der Waals surface area contributed by atoms with Crippen LogP contribution < -0.4 is 11.5 Å². The quantitative estimate of drug-likeness (QED) is 0.708. The molecule has 0 aliphatic heterocycles. The van der Waals surface area contributed by atoms with E-state index in [1.807, 2.05) is 24.3 Å². The van der Waals surface area contributed by atoms with Crippen molar-refractivity contribution in [2.24, 2.45) is 11.5 Å². The second kappa shape index (κ2) is 8.34. The van der Waals surface area contributed by atoms with Crippen molar-refractivity contribution in [3.8, 4) is 0 Å². The first-order chi connectivity index (χ1) is 4.86. The molecule has 0 spiro atoms. The van der Waals surface area contributed by atoms with Gasteiger partial charge >= 0.3 is 47.8 Å². The van der Waals surface area contributed by atoms with Crippen molar-refractivity contribution in [2.45, 2.75) is 13.1 Å². The molecule has 0 saturated carbocycles. The summed E-state index contributed by atoms with van der Waals surface area (Å²) >= 11 is 0. The Morgan fingerprint density at radius 3 is 1.75 bits per heavy atom. The third-order valence-electron chi connectivity index (χ3n) is 1.46. The van der Waals surface area contributed by atoms with Gasteiger partial charge < -0.3 is 11.5 Å². The summed E-state index contributed by atoms with van der Waals surface area (Å²) in [7, 11) is 0. The van der Waals surface area contributed by atoms with Gasteiger partial charge in [-0.2, -0.15) is 0 Å². The van der Waals surface area contributed by atoms with Gasteiger partial charge in [-0.05, 0) is 11.1 Å². The molecular weight excluding hydrogens is 362 g/mol. The van der Waals surface area contributed by atoms with Crippen LogP contribution in [0.4, 0.5) is 0 Å². The van der Waals surface area contributed by atoms with Crippen LogP contribution in [0.1, 0.15) is 11.1 Å². The zero-order valence-electron chi connectivity index (χ0n) is 6.88. The van der Waals surface area contributed by atoms with E-state index in [4.69, 9.17) is 11.5 Å². The predicted molar refractivity (Wildman–Crippen MR) is 53.7 cm³/mol. The fraction of sp³-hybridized carbons (Fsp3) is 0.250. The molecule has 0 unspecified atom stereocenters. The Balaban J connectivity index is 0. The number of nitrogens with two attached hydrogens (primary N) is 2. The first-order valence-corrected chi connectivity index (χ1v) is 3.34. The van der Waals surface area contributed by atoms with Crippen LogP contribution >= 0.6 is 0 Å². The van der Waals surface area contributed by atoms with E-state index in [1.165, 1.54) is 0 Å². The van der Waals surface area contributed by atoms with E-state index in [-0.39, 0.29) is 47.8 Å². The van der Waals surface area contributed by atoms with Gasteiger partial charge in [0.05, 0.1) is 0 Å². The van der Waals surface area contributed by atoms with E-state index in [0.29, 0.717) is 13.1 Å². The molecule has 0 amide bonds. The largest absolute Gasteiger partial charge is 4.00 e. The van der Waals surface area contributed by atoms with E-state index in [2.05, 4.69) is 0 Å². The van der Waals surface area contributed by atoms with E-state index in [1.54, 1.807) is 0 Å². The maximum absolute atomic E-state index is 5.43. The monoisotopic (exact) mass is 376 g/mol. The van der Waals surface area contributed by atoms with E-state index in [9.17, 15) is 0 Å². The van der Waals surface area contributed by atoms with Crippen LogP contribution in [0.3, 0.4) is 0 Å². The third kappa shape index (κ3) is 4.69. The molecule has 2 radical (unpaired) electrons. The zero-order chi connectivity index (χ0) is 7.40. The van der Waals surface area contributed by atoms with Gasteiger partial charge in [-0.15, -0.1) is 0 Å². The van der Waals surface area contributed by atoms with E-state index in [0.717, 1.165) is 11.1 Å². The van der Waals surface area contributed by atoms with Crippen LogP contribution in [0.5, 0.6) is 0 Å². The Morgan fingerprint density at radius 1 is 1.00 bits per heavy atom. The molecule has 56 valence electrons. The molecule has 12 heavy (non-hydrogen) atoms. The van der Waals surface area contributed by atoms with Crippen molar-refractivity contribution in [3.63, 3.8) is 0 Å². The summed E-state index contributed by atoms with van der Waals surface area (Å²) < 4.78 is 0.